The van der Waals surface area contributed by atoms with Crippen LogP contribution in [0.5, 0.6) is 0 Å². The lowest BCUT2D eigenvalue weighted by Crippen LogP contribution is -2.03. The fourth-order valence-electron chi connectivity index (χ4n) is 2.04. The molecule has 4 heteroatoms. The maximum atomic E-state index is 6.18. The van der Waals surface area contributed by atoms with Crippen molar-refractivity contribution in [2.75, 3.05) is 19.0 Å². The molecule has 102 valence electrons. The van der Waals surface area contributed by atoms with E-state index >= 15 is 0 Å². The topological polar surface area (TPSA) is 34.1 Å². The number of hydrogen-bond acceptors (Lipinski definition) is 3. The van der Waals surface area contributed by atoms with Gasteiger partial charge < -0.3 is 10.1 Å². The summed E-state index contributed by atoms with van der Waals surface area (Å²) in [7, 11) is 1.67. The van der Waals surface area contributed by atoms with E-state index in [1.165, 1.54) is 0 Å². The van der Waals surface area contributed by atoms with Gasteiger partial charge in [-0.3, -0.25) is 4.98 Å². The molecule has 0 saturated heterocycles. The van der Waals surface area contributed by atoms with E-state index in [0.717, 1.165) is 45.8 Å². The second kappa shape index (κ2) is 6.22. The molecule has 2 rings (SSSR count). The van der Waals surface area contributed by atoms with E-state index in [4.69, 9.17) is 16.3 Å². The van der Waals surface area contributed by atoms with Crippen LogP contribution in [0.15, 0.2) is 18.2 Å². The van der Waals surface area contributed by atoms with Gasteiger partial charge in [-0.15, -0.1) is 0 Å². The second-order valence-corrected chi connectivity index (χ2v) is 5.05. The van der Waals surface area contributed by atoms with Gasteiger partial charge in [0.15, 0.2) is 0 Å². The van der Waals surface area contributed by atoms with Crippen molar-refractivity contribution in [3.8, 4) is 0 Å². The summed E-state index contributed by atoms with van der Waals surface area (Å²) in [6.07, 6.45) is 1.08. The average molecular weight is 279 g/mol. The number of nitrogens with one attached hydrogen (secondary N) is 1. The van der Waals surface area contributed by atoms with Crippen LogP contribution in [0.2, 0.25) is 5.02 Å². The van der Waals surface area contributed by atoms with Crippen molar-refractivity contribution in [3.05, 3.63) is 34.5 Å². The summed E-state index contributed by atoms with van der Waals surface area (Å²) in [5.74, 6) is 0. The Bertz CT molecular complexity index is 584. The summed E-state index contributed by atoms with van der Waals surface area (Å²) < 4.78 is 5.17. The van der Waals surface area contributed by atoms with Crippen LogP contribution in [0, 0.1) is 6.92 Å². The maximum Gasteiger partial charge on any atom is 0.0885 e. The van der Waals surface area contributed by atoms with Gasteiger partial charge in [0.05, 0.1) is 17.8 Å². The molecule has 0 saturated carbocycles. The van der Waals surface area contributed by atoms with Crippen LogP contribution >= 0.6 is 11.6 Å². The van der Waals surface area contributed by atoms with Crippen LogP contribution in [-0.4, -0.2) is 18.6 Å². The fourth-order valence-corrected chi connectivity index (χ4v) is 2.20. The Kier molecular flexibility index (Phi) is 4.61. The first kappa shape index (κ1) is 14.1. The van der Waals surface area contributed by atoms with Crippen molar-refractivity contribution in [2.45, 2.75) is 26.9 Å². The SMILES string of the molecule is CCCNc1cc(COC)nc2cc(Cl)c(C)cc12. The number of rotatable bonds is 5. The quantitative estimate of drug-likeness (QED) is 0.891. The number of aromatic nitrogens is 1. The second-order valence-electron chi connectivity index (χ2n) is 4.64. The first-order chi connectivity index (χ1) is 9.15. The van der Waals surface area contributed by atoms with E-state index in [9.17, 15) is 0 Å². The number of fused-ring (bicyclic) bond motifs is 1. The van der Waals surface area contributed by atoms with Crippen molar-refractivity contribution in [1.82, 2.24) is 4.98 Å². The third-order valence-corrected chi connectivity index (χ3v) is 3.41. The van der Waals surface area contributed by atoms with Gasteiger partial charge in [0, 0.05) is 29.8 Å². The lowest BCUT2D eigenvalue weighted by molar-refractivity contribution is 0.182. The van der Waals surface area contributed by atoms with Crippen LogP contribution in [-0.2, 0) is 11.3 Å². The van der Waals surface area contributed by atoms with Crippen LogP contribution in [0.1, 0.15) is 24.6 Å². The van der Waals surface area contributed by atoms with Crippen LogP contribution in [0.25, 0.3) is 10.9 Å². The lowest BCUT2D eigenvalue weighted by Gasteiger charge is -2.12. The Morgan fingerprint density at radius 1 is 1.32 bits per heavy atom. The summed E-state index contributed by atoms with van der Waals surface area (Å²) in [4.78, 5) is 4.59. The normalized spacial score (nSPS) is 10.9. The van der Waals surface area contributed by atoms with Gasteiger partial charge in [0.25, 0.3) is 0 Å². The Morgan fingerprint density at radius 2 is 2.11 bits per heavy atom. The minimum absolute atomic E-state index is 0.502. The predicted molar refractivity (Wildman–Crippen MR) is 81.0 cm³/mol. The molecule has 1 heterocycles. The number of methoxy groups -OCH3 is 1. The Morgan fingerprint density at radius 3 is 2.79 bits per heavy atom. The molecule has 0 unspecified atom stereocenters. The Hall–Kier alpha value is -1.32. The van der Waals surface area contributed by atoms with E-state index in [0.29, 0.717) is 6.61 Å². The van der Waals surface area contributed by atoms with E-state index < -0.39 is 0 Å². The number of halogens is 1. The highest BCUT2D eigenvalue weighted by Crippen LogP contribution is 2.28. The zero-order valence-corrected chi connectivity index (χ0v) is 12.3. The van der Waals surface area contributed by atoms with E-state index in [2.05, 4.69) is 29.4 Å². The number of pyridine rings is 1. The molecular formula is C15H19ClN2O. The largest absolute Gasteiger partial charge is 0.384 e. The van der Waals surface area contributed by atoms with Gasteiger partial charge in [-0.2, -0.15) is 0 Å². The predicted octanol–water partition coefficient (Wildman–Crippen LogP) is 4.16. The Labute approximate surface area is 118 Å². The first-order valence-corrected chi connectivity index (χ1v) is 6.86. The van der Waals surface area contributed by atoms with Crippen molar-refractivity contribution in [3.63, 3.8) is 0 Å². The molecule has 0 aliphatic rings. The van der Waals surface area contributed by atoms with Gasteiger partial charge in [0.1, 0.15) is 0 Å². The van der Waals surface area contributed by atoms with Crippen LogP contribution < -0.4 is 5.32 Å². The molecule has 0 radical (unpaired) electrons. The van der Waals surface area contributed by atoms with Gasteiger partial charge >= 0.3 is 0 Å². The van der Waals surface area contributed by atoms with Gasteiger partial charge in [-0.05, 0) is 37.1 Å². The molecule has 0 atom stereocenters. The summed E-state index contributed by atoms with van der Waals surface area (Å²) in [5.41, 5.74) is 3.98. The van der Waals surface area contributed by atoms with Gasteiger partial charge in [-0.25, -0.2) is 0 Å². The van der Waals surface area contributed by atoms with Crippen molar-refractivity contribution < 1.29 is 4.74 Å². The minimum Gasteiger partial charge on any atom is -0.384 e. The number of hydrogen-bond donors (Lipinski definition) is 1. The summed E-state index contributed by atoms with van der Waals surface area (Å²) >= 11 is 6.18. The standard InChI is InChI=1S/C15H19ClN2O/c1-4-5-17-14-7-11(9-19-3)18-15-8-13(16)10(2)6-12(14)15/h6-8H,4-5,9H2,1-3H3,(H,17,18). The smallest absolute Gasteiger partial charge is 0.0885 e. The molecule has 19 heavy (non-hydrogen) atoms. The third-order valence-electron chi connectivity index (χ3n) is 3.00. The molecule has 3 nitrogen and oxygen atoms in total. The number of anilines is 1. The molecule has 0 bridgehead atoms. The highest BCUT2D eigenvalue weighted by molar-refractivity contribution is 6.32. The van der Waals surface area contributed by atoms with E-state index in [-0.39, 0.29) is 0 Å². The molecular weight excluding hydrogens is 260 g/mol. The van der Waals surface area contributed by atoms with Crippen molar-refractivity contribution >= 4 is 28.2 Å². The van der Waals surface area contributed by atoms with Gasteiger partial charge in [0.2, 0.25) is 0 Å². The van der Waals surface area contributed by atoms with Crippen molar-refractivity contribution in [2.24, 2.45) is 0 Å². The van der Waals surface area contributed by atoms with Gasteiger partial charge in [-0.1, -0.05) is 18.5 Å². The zero-order valence-electron chi connectivity index (χ0n) is 11.6. The lowest BCUT2D eigenvalue weighted by atomic mass is 10.1. The molecule has 0 aliphatic carbocycles. The van der Waals surface area contributed by atoms with E-state index in [1.807, 2.05) is 13.0 Å². The monoisotopic (exact) mass is 278 g/mol. The number of benzene rings is 1. The zero-order chi connectivity index (χ0) is 13.8. The van der Waals surface area contributed by atoms with Crippen LogP contribution in [0.4, 0.5) is 5.69 Å². The third kappa shape index (κ3) is 3.17. The highest BCUT2D eigenvalue weighted by atomic mass is 35.5. The molecule has 0 aliphatic heterocycles. The molecule has 2 aromatic rings. The highest BCUT2D eigenvalue weighted by Gasteiger charge is 2.08. The number of nitrogens with zero attached hydrogens (tertiary/aromatic N) is 1. The molecule has 1 aromatic heterocycles. The minimum atomic E-state index is 0.502. The molecule has 0 spiro atoms. The molecule has 0 fully saturated rings. The number of aryl methyl sites for hydroxylation is 1. The maximum absolute atomic E-state index is 6.18. The Balaban J connectivity index is 2.56. The number of ether oxygens (including phenoxy) is 1. The average Bonchev–Trinajstić information content (AvgIpc) is 2.38. The van der Waals surface area contributed by atoms with E-state index in [1.54, 1.807) is 7.11 Å². The summed E-state index contributed by atoms with van der Waals surface area (Å²) in [6.45, 7) is 5.60. The van der Waals surface area contributed by atoms with Crippen molar-refractivity contribution in [1.29, 1.82) is 0 Å². The molecule has 1 N–H and O–H groups in total. The summed E-state index contributed by atoms with van der Waals surface area (Å²) in [6, 6.07) is 6.05. The molecule has 1 aromatic carbocycles. The first-order valence-electron chi connectivity index (χ1n) is 6.48. The fraction of sp³-hybridized carbons (Fsp3) is 0.400. The summed E-state index contributed by atoms with van der Waals surface area (Å²) in [5, 5.41) is 5.30. The van der Waals surface area contributed by atoms with Crippen LogP contribution in [0.3, 0.4) is 0 Å². The molecule has 0 amide bonds.